The molecule has 0 amide bonds. The fraction of sp³-hybridized carbons (Fsp3) is 0.462. The molecule has 19 heavy (non-hydrogen) atoms. The highest BCUT2D eigenvalue weighted by Gasteiger charge is 2.29. The summed E-state index contributed by atoms with van der Waals surface area (Å²) in [6.07, 6.45) is 0.631. The highest BCUT2D eigenvalue weighted by atomic mass is 19.1. The minimum absolute atomic E-state index is 0.0582. The van der Waals surface area contributed by atoms with E-state index in [0.717, 1.165) is 6.07 Å². The molecule has 2 N–H and O–H groups in total. The van der Waals surface area contributed by atoms with Gasteiger partial charge in [0.2, 0.25) is 0 Å². The second-order valence-corrected chi connectivity index (χ2v) is 4.63. The standard InChI is InChI=1S/C13H16F2N2O2/c1-7(18)11-10(16)5-9(14)13(12(11)15)17-4-3-8(6-17)19-2/h5,8H,3-4,6,16H2,1-2H3. The number of methoxy groups -OCH3 is 1. The van der Waals surface area contributed by atoms with Gasteiger partial charge < -0.3 is 15.4 Å². The van der Waals surface area contributed by atoms with Gasteiger partial charge in [0.15, 0.2) is 17.4 Å². The van der Waals surface area contributed by atoms with Crippen LogP contribution in [0.15, 0.2) is 6.07 Å². The molecule has 4 nitrogen and oxygen atoms in total. The fourth-order valence-electron chi connectivity index (χ4n) is 2.40. The Kier molecular flexibility index (Phi) is 3.71. The largest absolute Gasteiger partial charge is 0.398 e. The molecule has 0 aliphatic carbocycles. The number of hydrogen-bond donors (Lipinski definition) is 1. The minimum atomic E-state index is -0.887. The van der Waals surface area contributed by atoms with Crippen molar-refractivity contribution in [1.29, 1.82) is 0 Å². The molecule has 1 aliphatic heterocycles. The van der Waals surface area contributed by atoms with Crippen LogP contribution in [0.1, 0.15) is 23.7 Å². The zero-order valence-electron chi connectivity index (χ0n) is 10.9. The van der Waals surface area contributed by atoms with E-state index in [9.17, 15) is 13.6 Å². The zero-order valence-corrected chi connectivity index (χ0v) is 10.9. The van der Waals surface area contributed by atoms with Crippen LogP contribution in [0.5, 0.6) is 0 Å². The topological polar surface area (TPSA) is 55.6 Å². The third-order valence-corrected chi connectivity index (χ3v) is 3.37. The van der Waals surface area contributed by atoms with Gasteiger partial charge in [0.25, 0.3) is 0 Å². The Balaban J connectivity index is 2.46. The van der Waals surface area contributed by atoms with Gasteiger partial charge in [-0.2, -0.15) is 0 Å². The Morgan fingerprint density at radius 2 is 2.21 bits per heavy atom. The van der Waals surface area contributed by atoms with Crippen LogP contribution < -0.4 is 10.6 Å². The molecule has 104 valence electrons. The maximum Gasteiger partial charge on any atom is 0.164 e. The van der Waals surface area contributed by atoms with Gasteiger partial charge in [-0.15, -0.1) is 0 Å². The molecular weight excluding hydrogens is 254 g/mol. The van der Waals surface area contributed by atoms with Crippen LogP contribution in [0.25, 0.3) is 0 Å². The van der Waals surface area contributed by atoms with Gasteiger partial charge in [-0.05, 0) is 19.4 Å². The Bertz CT molecular complexity index is 520. The van der Waals surface area contributed by atoms with E-state index in [1.807, 2.05) is 0 Å². The van der Waals surface area contributed by atoms with Crippen LogP contribution in [-0.2, 0) is 4.74 Å². The van der Waals surface area contributed by atoms with Gasteiger partial charge >= 0.3 is 0 Å². The molecule has 0 saturated carbocycles. The van der Waals surface area contributed by atoms with E-state index in [1.165, 1.54) is 6.92 Å². The number of nitrogens with zero attached hydrogens (tertiary/aromatic N) is 1. The van der Waals surface area contributed by atoms with Crippen molar-refractivity contribution in [3.63, 3.8) is 0 Å². The number of anilines is 2. The summed E-state index contributed by atoms with van der Waals surface area (Å²) < 4.78 is 33.4. The van der Waals surface area contributed by atoms with Gasteiger partial charge in [-0.25, -0.2) is 8.78 Å². The summed E-state index contributed by atoms with van der Waals surface area (Å²) in [7, 11) is 1.56. The molecule has 0 aromatic heterocycles. The molecule has 1 atom stereocenters. The Hall–Kier alpha value is -1.69. The first-order valence-corrected chi connectivity index (χ1v) is 6.01. The SMILES string of the molecule is COC1CCN(c2c(F)cc(N)c(C(C)=O)c2F)C1. The predicted molar refractivity (Wildman–Crippen MR) is 68.4 cm³/mol. The lowest BCUT2D eigenvalue weighted by molar-refractivity contribution is 0.101. The number of carbonyl (C=O) groups excluding carboxylic acids is 1. The molecule has 0 bridgehead atoms. The molecule has 1 heterocycles. The van der Waals surface area contributed by atoms with E-state index in [4.69, 9.17) is 10.5 Å². The fourth-order valence-corrected chi connectivity index (χ4v) is 2.40. The van der Waals surface area contributed by atoms with E-state index in [-0.39, 0.29) is 23.0 Å². The average Bonchev–Trinajstić information content (AvgIpc) is 2.76. The van der Waals surface area contributed by atoms with E-state index in [2.05, 4.69) is 0 Å². The third-order valence-electron chi connectivity index (χ3n) is 3.37. The maximum atomic E-state index is 14.3. The lowest BCUT2D eigenvalue weighted by Gasteiger charge is -2.21. The number of Topliss-reactive ketones (excluding diaryl/α,β-unsaturated/α-hetero) is 1. The van der Waals surface area contributed by atoms with E-state index in [0.29, 0.717) is 19.5 Å². The number of nitrogen functional groups attached to an aromatic ring is 1. The van der Waals surface area contributed by atoms with Crippen molar-refractivity contribution in [1.82, 2.24) is 0 Å². The summed E-state index contributed by atoms with van der Waals surface area (Å²) in [6.45, 7) is 2.08. The van der Waals surface area contributed by atoms with Crippen LogP contribution in [0.3, 0.4) is 0 Å². The van der Waals surface area contributed by atoms with E-state index < -0.39 is 17.4 Å². The van der Waals surface area contributed by atoms with Crippen molar-refractivity contribution in [2.45, 2.75) is 19.4 Å². The zero-order chi connectivity index (χ0) is 14.2. The lowest BCUT2D eigenvalue weighted by atomic mass is 10.1. The summed E-state index contributed by atoms with van der Waals surface area (Å²) in [6, 6.07) is 0.995. The van der Waals surface area contributed by atoms with Gasteiger partial charge in [-0.3, -0.25) is 4.79 Å². The number of benzene rings is 1. The van der Waals surface area contributed by atoms with Gasteiger partial charge in [0.05, 0.1) is 11.7 Å². The minimum Gasteiger partial charge on any atom is -0.398 e. The molecule has 0 radical (unpaired) electrons. The molecule has 6 heteroatoms. The van der Waals surface area contributed by atoms with Gasteiger partial charge in [0.1, 0.15) is 5.69 Å². The summed E-state index contributed by atoms with van der Waals surface area (Å²) in [5.41, 5.74) is 4.88. The maximum absolute atomic E-state index is 14.3. The summed E-state index contributed by atoms with van der Waals surface area (Å²) >= 11 is 0. The Morgan fingerprint density at radius 3 is 2.74 bits per heavy atom. The number of hydrogen-bond acceptors (Lipinski definition) is 4. The van der Waals surface area contributed by atoms with Crippen LogP contribution in [0.4, 0.5) is 20.2 Å². The molecule has 1 saturated heterocycles. The summed E-state index contributed by atoms with van der Waals surface area (Å²) in [4.78, 5) is 12.9. The number of rotatable bonds is 3. The number of ether oxygens (including phenoxy) is 1. The van der Waals surface area contributed by atoms with Crippen molar-refractivity contribution in [3.05, 3.63) is 23.3 Å². The molecule has 0 spiro atoms. The lowest BCUT2D eigenvalue weighted by Crippen LogP contribution is -2.25. The van der Waals surface area contributed by atoms with Crippen molar-refractivity contribution < 1.29 is 18.3 Å². The monoisotopic (exact) mass is 270 g/mol. The molecule has 2 rings (SSSR count). The number of carbonyl (C=O) groups is 1. The highest BCUT2D eigenvalue weighted by molar-refractivity contribution is 6.00. The molecule has 1 aromatic carbocycles. The Morgan fingerprint density at radius 1 is 1.53 bits per heavy atom. The molecular formula is C13H16F2N2O2. The van der Waals surface area contributed by atoms with Crippen LogP contribution in [0.2, 0.25) is 0 Å². The van der Waals surface area contributed by atoms with E-state index in [1.54, 1.807) is 12.0 Å². The second kappa shape index (κ2) is 5.13. The number of nitrogens with two attached hydrogens (primary N) is 1. The highest BCUT2D eigenvalue weighted by Crippen LogP contribution is 2.32. The van der Waals surface area contributed by atoms with Crippen LogP contribution >= 0.6 is 0 Å². The quantitative estimate of drug-likeness (QED) is 0.674. The molecule has 1 fully saturated rings. The Labute approximate surface area is 110 Å². The first-order valence-electron chi connectivity index (χ1n) is 6.01. The van der Waals surface area contributed by atoms with Crippen LogP contribution in [0, 0.1) is 11.6 Å². The number of ketones is 1. The van der Waals surface area contributed by atoms with Crippen molar-refractivity contribution in [2.75, 3.05) is 30.8 Å². The van der Waals surface area contributed by atoms with Crippen molar-refractivity contribution in [2.24, 2.45) is 0 Å². The molecule has 1 unspecified atom stereocenters. The molecule has 1 aromatic rings. The molecule has 1 aliphatic rings. The first-order chi connectivity index (χ1) is 8.95. The van der Waals surface area contributed by atoms with E-state index >= 15 is 0 Å². The van der Waals surface area contributed by atoms with Gasteiger partial charge in [0, 0.05) is 25.9 Å². The second-order valence-electron chi connectivity index (χ2n) is 4.63. The average molecular weight is 270 g/mol. The smallest absolute Gasteiger partial charge is 0.164 e. The third kappa shape index (κ3) is 2.40. The predicted octanol–water partition coefficient (Wildman–Crippen LogP) is 1.97. The first kappa shape index (κ1) is 13.7. The summed E-state index contributed by atoms with van der Waals surface area (Å²) in [5.74, 6) is -2.16. The normalized spacial score (nSPS) is 18.9. The number of halogens is 2. The summed E-state index contributed by atoms with van der Waals surface area (Å²) in [5, 5.41) is 0. The van der Waals surface area contributed by atoms with Gasteiger partial charge in [-0.1, -0.05) is 0 Å². The van der Waals surface area contributed by atoms with Crippen LogP contribution in [-0.4, -0.2) is 32.1 Å². The van der Waals surface area contributed by atoms with Crippen molar-refractivity contribution in [3.8, 4) is 0 Å². The van der Waals surface area contributed by atoms with Crippen molar-refractivity contribution >= 4 is 17.2 Å².